The van der Waals surface area contributed by atoms with E-state index >= 15 is 0 Å². The Morgan fingerprint density at radius 3 is 2.65 bits per heavy atom. The van der Waals surface area contributed by atoms with Crippen molar-refractivity contribution in [3.8, 4) is 0 Å². The van der Waals surface area contributed by atoms with E-state index in [2.05, 4.69) is 19.2 Å². The Kier molecular flexibility index (Phi) is 5.44. The lowest BCUT2D eigenvalue weighted by Crippen LogP contribution is -2.61. The van der Waals surface area contributed by atoms with E-state index in [0.717, 1.165) is 44.6 Å². The summed E-state index contributed by atoms with van der Waals surface area (Å²) in [6.45, 7) is 5.66. The summed E-state index contributed by atoms with van der Waals surface area (Å²) >= 11 is 0. The third kappa shape index (κ3) is 3.73. The van der Waals surface area contributed by atoms with Crippen molar-refractivity contribution in [1.29, 1.82) is 0 Å². The topological polar surface area (TPSA) is 64.3 Å². The number of hydrogen-bond acceptors (Lipinski definition) is 3. The Labute approximate surface area is 122 Å². The van der Waals surface area contributed by atoms with Gasteiger partial charge in [-0.25, -0.2) is 0 Å². The largest absolute Gasteiger partial charge is 0.376 e. The summed E-state index contributed by atoms with van der Waals surface area (Å²) in [5, 5.41) is 3.40. The molecule has 3 unspecified atom stereocenters. The number of carbonyl (C=O) groups is 1. The number of carbonyl (C=O) groups excluding carboxylic acids is 1. The lowest BCUT2D eigenvalue weighted by atomic mass is 9.88. The fourth-order valence-corrected chi connectivity index (χ4v) is 3.38. The zero-order chi connectivity index (χ0) is 14.6. The van der Waals surface area contributed by atoms with Crippen molar-refractivity contribution in [2.75, 3.05) is 13.2 Å². The standard InChI is InChI=1S/C16H30N2O2/c1-3-9-18-16(15(17)19,13-7-8-13)11-20-14-6-4-5-12(2)10-14/h12-14,18H,3-11H2,1-2H3,(H2,17,19). The van der Waals surface area contributed by atoms with Crippen LogP contribution in [0.15, 0.2) is 0 Å². The highest BCUT2D eigenvalue weighted by Gasteiger charge is 2.50. The number of hydrogen-bond donors (Lipinski definition) is 2. The summed E-state index contributed by atoms with van der Waals surface area (Å²) in [5.74, 6) is 0.867. The van der Waals surface area contributed by atoms with Crippen LogP contribution >= 0.6 is 0 Å². The van der Waals surface area contributed by atoms with Gasteiger partial charge >= 0.3 is 0 Å². The highest BCUT2D eigenvalue weighted by Crippen LogP contribution is 2.40. The van der Waals surface area contributed by atoms with Crippen molar-refractivity contribution >= 4 is 5.91 Å². The summed E-state index contributed by atoms with van der Waals surface area (Å²) in [4.78, 5) is 12.0. The molecule has 0 aromatic rings. The average molecular weight is 282 g/mol. The monoisotopic (exact) mass is 282 g/mol. The summed E-state index contributed by atoms with van der Waals surface area (Å²) in [5.41, 5.74) is 5.09. The molecule has 0 aliphatic heterocycles. The zero-order valence-electron chi connectivity index (χ0n) is 13.0. The molecule has 0 spiro atoms. The van der Waals surface area contributed by atoms with Gasteiger partial charge in [0.1, 0.15) is 5.54 Å². The molecule has 0 heterocycles. The molecule has 0 aromatic heterocycles. The van der Waals surface area contributed by atoms with Crippen LogP contribution in [0.5, 0.6) is 0 Å². The second kappa shape index (κ2) is 6.90. The van der Waals surface area contributed by atoms with Crippen LogP contribution in [0.1, 0.15) is 58.8 Å². The molecule has 116 valence electrons. The van der Waals surface area contributed by atoms with Gasteiger partial charge in [0.05, 0.1) is 12.7 Å². The number of ether oxygens (including phenoxy) is 1. The lowest BCUT2D eigenvalue weighted by molar-refractivity contribution is -0.130. The highest BCUT2D eigenvalue weighted by molar-refractivity contribution is 5.85. The first-order chi connectivity index (χ1) is 9.58. The Morgan fingerprint density at radius 1 is 1.35 bits per heavy atom. The molecule has 2 fully saturated rings. The van der Waals surface area contributed by atoms with E-state index in [9.17, 15) is 4.79 Å². The molecule has 2 aliphatic rings. The minimum atomic E-state index is -0.628. The molecule has 3 N–H and O–H groups in total. The van der Waals surface area contributed by atoms with Crippen molar-refractivity contribution in [2.24, 2.45) is 17.6 Å². The molecule has 2 rings (SSSR count). The van der Waals surface area contributed by atoms with E-state index in [1.54, 1.807) is 0 Å². The first-order valence-electron chi connectivity index (χ1n) is 8.25. The van der Waals surface area contributed by atoms with E-state index in [4.69, 9.17) is 10.5 Å². The molecule has 0 aromatic carbocycles. The molecule has 4 heteroatoms. The predicted molar refractivity (Wildman–Crippen MR) is 80.3 cm³/mol. The van der Waals surface area contributed by atoms with Crippen LogP contribution in [0.2, 0.25) is 0 Å². The summed E-state index contributed by atoms with van der Waals surface area (Å²) in [6.07, 6.45) is 8.26. The molecular formula is C16H30N2O2. The van der Waals surface area contributed by atoms with Crippen molar-refractivity contribution in [1.82, 2.24) is 5.32 Å². The highest BCUT2D eigenvalue weighted by atomic mass is 16.5. The molecule has 0 saturated heterocycles. The maximum atomic E-state index is 12.0. The zero-order valence-corrected chi connectivity index (χ0v) is 13.0. The lowest BCUT2D eigenvalue weighted by Gasteiger charge is -2.35. The van der Waals surface area contributed by atoms with Crippen LogP contribution in [0.25, 0.3) is 0 Å². The SMILES string of the molecule is CCCNC(COC1CCCC(C)C1)(C(N)=O)C1CC1. The van der Waals surface area contributed by atoms with Crippen molar-refractivity contribution in [3.05, 3.63) is 0 Å². The molecule has 0 bridgehead atoms. The summed E-state index contributed by atoms with van der Waals surface area (Å²) in [7, 11) is 0. The number of nitrogens with one attached hydrogen (secondary N) is 1. The van der Waals surface area contributed by atoms with Gasteiger partial charge in [0.15, 0.2) is 0 Å². The van der Waals surface area contributed by atoms with Gasteiger partial charge in [-0.2, -0.15) is 0 Å². The molecule has 2 saturated carbocycles. The van der Waals surface area contributed by atoms with E-state index in [-0.39, 0.29) is 5.91 Å². The van der Waals surface area contributed by atoms with Gasteiger partial charge in [-0.3, -0.25) is 4.79 Å². The van der Waals surface area contributed by atoms with Crippen LogP contribution in [0, 0.1) is 11.8 Å². The second-order valence-electron chi connectivity index (χ2n) is 6.74. The van der Waals surface area contributed by atoms with Crippen molar-refractivity contribution < 1.29 is 9.53 Å². The quantitative estimate of drug-likeness (QED) is 0.717. The predicted octanol–water partition coefficient (Wildman–Crippen LogP) is 2.22. The molecule has 0 radical (unpaired) electrons. The van der Waals surface area contributed by atoms with Crippen LogP contribution in [0.3, 0.4) is 0 Å². The smallest absolute Gasteiger partial charge is 0.240 e. The number of amides is 1. The number of primary amides is 1. The average Bonchev–Trinajstić information content (AvgIpc) is 3.24. The fraction of sp³-hybridized carbons (Fsp3) is 0.938. The molecule has 4 nitrogen and oxygen atoms in total. The normalized spacial score (nSPS) is 29.9. The Hall–Kier alpha value is -0.610. The van der Waals surface area contributed by atoms with Gasteiger partial charge < -0.3 is 15.8 Å². The molecule has 3 atom stereocenters. The third-order valence-electron chi connectivity index (χ3n) is 4.84. The van der Waals surface area contributed by atoms with Gasteiger partial charge in [0.25, 0.3) is 0 Å². The van der Waals surface area contributed by atoms with Gasteiger partial charge in [-0.1, -0.05) is 26.7 Å². The first-order valence-corrected chi connectivity index (χ1v) is 8.25. The molecular weight excluding hydrogens is 252 g/mol. The minimum Gasteiger partial charge on any atom is -0.376 e. The third-order valence-corrected chi connectivity index (χ3v) is 4.84. The van der Waals surface area contributed by atoms with Crippen LogP contribution in [-0.4, -0.2) is 30.7 Å². The van der Waals surface area contributed by atoms with Crippen LogP contribution < -0.4 is 11.1 Å². The first kappa shape index (κ1) is 15.8. The van der Waals surface area contributed by atoms with Crippen molar-refractivity contribution in [3.63, 3.8) is 0 Å². The Balaban J connectivity index is 1.94. The van der Waals surface area contributed by atoms with Crippen molar-refractivity contribution in [2.45, 2.75) is 70.4 Å². The van der Waals surface area contributed by atoms with Gasteiger partial charge in [0.2, 0.25) is 5.91 Å². The Bertz CT molecular complexity index is 330. The summed E-state index contributed by atoms with van der Waals surface area (Å²) < 4.78 is 6.12. The molecule has 20 heavy (non-hydrogen) atoms. The van der Waals surface area contributed by atoms with E-state index in [1.807, 2.05) is 0 Å². The van der Waals surface area contributed by atoms with Gasteiger partial charge in [0, 0.05) is 0 Å². The molecule has 2 aliphatic carbocycles. The molecule has 1 amide bonds. The fourth-order valence-electron chi connectivity index (χ4n) is 3.38. The maximum Gasteiger partial charge on any atom is 0.240 e. The van der Waals surface area contributed by atoms with Crippen LogP contribution in [0.4, 0.5) is 0 Å². The second-order valence-corrected chi connectivity index (χ2v) is 6.74. The number of rotatable bonds is 8. The van der Waals surface area contributed by atoms with E-state index < -0.39 is 5.54 Å². The van der Waals surface area contributed by atoms with E-state index in [0.29, 0.717) is 18.6 Å². The minimum absolute atomic E-state index is 0.239. The Morgan fingerprint density at radius 2 is 2.10 bits per heavy atom. The number of nitrogens with two attached hydrogens (primary N) is 1. The summed E-state index contributed by atoms with van der Waals surface area (Å²) in [6, 6.07) is 0. The maximum absolute atomic E-state index is 12.0. The van der Waals surface area contributed by atoms with Gasteiger partial charge in [-0.05, 0) is 50.5 Å². The van der Waals surface area contributed by atoms with Crippen LogP contribution in [-0.2, 0) is 9.53 Å². The van der Waals surface area contributed by atoms with E-state index in [1.165, 1.54) is 12.8 Å². The van der Waals surface area contributed by atoms with Gasteiger partial charge in [-0.15, -0.1) is 0 Å².